The van der Waals surface area contributed by atoms with E-state index in [9.17, 15) is 9.18 Å². The van der Waals surface area contributed by atoms with Gasteiger partial charge in [0.15, 0.2) is 4.96 Å². The van der Waals surface area contributed by atoms with E-state index in [1.165, 1.54) is 51.6 Å². The Hall–Kier alpha value is -3.17. The maximum Gasteiger partial charge on any atom is 0.258 e. The summed E-state index contributed by atoms with van der Waals surface area (Å²) in [6, 6.07) is 7.70. The molecular formula is C19H11FN4O2S2. The highest BCUT2D eigenvalue weighted by atomic mass is 32.1. The number of thiophene rings is 1. The number of halogens is 1. The second-order valence-corrected chi connectivity index (χ2v) is 7.68. The van der Waals surface area contributed by atoms with Crippen LogP contribution >= 0.6 is 22.7 Å². The standard InChI is InChI=1S/C19H11FN4O2S2/c20-12-3-1-11(2-4-12)14-9-28-18-16(14)17(21-10-22-18)26-8-13-7-15(25)24-5-6-27-19(24)23-13/h1-7,9-10H,8H2. The molecule has 0 saturated carbocycles. The summed E-state index contributed by atoms with van der Waals surface area (Å²) in [6.45, 7) is 0.106. The first kappa shape index (κ1) is 17.0. The average molecular weight is 410 g/mol. The molecule has 0 aliphatic carbocycles. The van der Waals surface area contributed by atoms with Gasteiger partial charge in [-0.3, -0.25) is 9.20 Å². The van der Waals surface area contributed by atoms with Crippen LogP contribution in [0.2, 0.25) is 0 Å². The van der Waals surface area contributed by atoms with Gasteiger partial charge in [-0.1, -0.05) is 12.1 Å². The van der Waals surface area contributed by atoms with E-state index in [1.54, 1.807) is 18.3 Å². The average Bonchev–Trinajstić information content (AvgIpc) is 3.34. The molecule has 5 aromatic rings. The fourth-order valence-corrected chi connectivity index (χ4v) is 4.55. The lowest BCUT2D eigenvalue weighted by atomic mass is 10.1. The third-order valence-electron chi connectivity index (χ3n) is 4.20. The lowest BCUT2D eigenvalue weighted by Crippen LogP contribution is -2.14. The molecule has 0 fully saturated rings. The van der Waals surface area contributed by atoms with Crippen molar-refractivity contribution in [2.45, 2.75) is 6.61 Å². The van der Waals surface area contributed by atoms with E-state index >= 15 is 0 Å². The van der Waals surface area contributed by atoms with Gasteiger partial charge in [-0.2, -0.15) is 0 Å². The first-order valence-corrected chi connectivity index (χ1v) is 10.0. The minimum atomic E-state index is -0.294. The maximum absolute atomic E-state index is 13.3. The van der Waals surface area contributed by atoms with Gasteiger partial charge in [-0.15, -0.1) is 22.7 Å². The summed E-state index contributed by atoms with van der Waals surface area (Å²) in [5.41, 5.74) is 2.10. The number of benzene rings is 1. The summed E-state index contributed by atoms with van der Waals surface area (Å²) in [5.74, 6) is 0.107. The zero-order valence-corrected chi connectivity index (χ0v) is 15.8. The van der Waals surface area contributed by atoms with Crippen LogP contribution in [-0.4, -0.2) is 19.4 Å². The fourth-order valence-electron chi connectivity index (χ4n) is 2.90. The van der Waals surface area contributed by atoms with Gasteiger partial charge in [0.05, 0.1) is 11.1 Å². The summed E-state index contributed by atoms with van der Waals surface area (Å²) < 4.78 is 20.7. The molecule has 0 aliphatic rings. The van der Waals surface area contributed by atoms with Crippen LogP contribution in [0.25, 0.3) is 26.3 Å². The summed E-state index contributed by atoms with van der Waals surface area (Å²) in [5, 5.41) is 4.51. The predicted molar refractivity (Wildman–Crippen MR) is 106 cm³/mol. The topological polar surface area (TPSA) is 69.4 Å². The van der Waals surface area contributed by atoms with Crippen molar-refractivity contribution in [1.29, 1.82) is 0 Å². The molecule has 0 atom stereocenters. The van der Waals surface area contributed by atoms with E-state index in [-0.39, 0.29) is 18.0 Å². The van der Waals surface area contributed by atoms with Crippen molar-refractivity contribution in [2.75, 3.05) is 0 Å². The summed E-state index contributed by atoms with van der Waals surface area (Å²) >= 11 is 2.85. The van der Waals surface area contributed by atoms with Crippen LogP contribution in [0.3, 0.4) is 0 Å². The van der Waals surface area contributed by atoms with Gasteiger partial charge in [0.25, 0.3) is 5.56 Å². The second-order valence-electron chi connectivity index (χ2n) is 5.95. The lowest BCUT2D eigenvalue weighted by Gasteiger charge is -2.08. The summed E-state index contributed by atoms with van der Waals surface area (Å²) in [4.78, 5) is 26.5. The number of nitrogens with zero attached hydrogens (tertiary/aromatic N) is 4. The molecule has 0 N–H and O–H groups in total. The van der Waals surface area contributed by atoms with Crippen LogP contribution in [0, 0.1) is 5.82 Å². The van der Waals surface area contributed by atoms with Gasteiger partial charge in [-0.25, -0.2) is 19.3 Å². The quantitative estimate of drug-likeness (QED) is 0.445. The van der Waals surface area contributed by atoms with Crippen LogP contribution in [-0.2, 0) is 6.61 Å². The minimum absolute atomic E-state index is 0.106. The second kappa shape index (κ2) is 6.77. The number of thiazole rings is 1. The normalized spacial score (nSPS) is 11.3. The highest BCUT2D eigenvalue weighted by molar-refractivity contribution is 7.17. The predicted octanol–water partition coefficient (Wildman–Crippen LogP) is 4.15. The molecule has 0 aliphatic heterocycles. The van der Waals surface area contributed by atoms with Crippen LogP contribution in [0.5, 0.6) is 5.88 Å². The number of hydrogen-bond donors (Lipinski definition) is 0. The Morgan fingerprint density at radius 1 is 1.14 bits per heavy atom. The van der Waals surface area contributed by atoms with E-state index in [1.807, 2.05) is 10.8 Å². The monoisotopic (exact) mass is 410 g/mol. The molecule has 1 aromatic carbocycles. The Labute approximate surface area is 165 Å². The van der Waals surface area contributed by atoms with Gasteiger partial charge in [0.1, 0.15) is 23.6 Å². The number of hydrogen-bond acceptors (Lipinski definition) is 7. The van der Waals surface area contributed by atoms with Gasteiger partial charge in [0.2, 0.25) is 5.88 Å². The SMILES string of the molecule is O=c1cc(COc2ncnc3scc(-c4ccc(F)cc4)c23)nc2sccn12. The van der Waals surface area contributed by atoms with Crippen LogP contribution in [0.4, 0.5) is 4.39 Å². The molecule has 28 heavy (non-hydrogen) atoms. The lowest BCUT2D eigenvalue weighted by molar-refractivity contribution is 0.293. The molecule has 0 radical (unpaired) electrons. The van der Waals surface area contributed by atoms with E-state index in [0.29, 0.717) is 16.5 Å². The van der Waals surface area contributed by atoms with Crippen molar-refractivity contribution in [3.63, 3.8) is 0 Å². The Balaban J connectivity index is 1.52. The van der Waals surface area contributed by atoms with Gasteiger partial charge >= 0.3 is 0 Å². The Kier molecular flexibility index (Phi) is 4.10. The Morgan fingerprint density at radius 2 is 2.00 bits per heavy atom. The number of fused-ring (bicyclic) bond motifs is 2. The molecule has 4 aromatic heterocycles. The van der Waals surface area contributed by atoms with Gasteiger partial charge in [-0.05, 0) is 17.7 Å². The molecular weight excluding hydrogens is 399 g/mol. The molecule has 0 saturated heterocycles. The molecule has 0 amide bonds. The van der Waals surface area contributed by atoms with Crippen molar-refractivity contribution in [1.82, 2.24) is 19.4 Å². The third kappa shape index (κ3) is 2.94. The number of aromatic nitrogens is 4. The molecule has 0 spiro atoms. The van der Waals surface area contributed by atoms with Crippen LogP contribution in [0.1, 0.15) is 5.69 Å². The maximum atomic E-state index is 13.3. The fraction of sp³-hybridized carbons (Fsp3) is 0.0526. The minimum Gasteiger partial charge on any atom is -0.471 e. The van der Waals surface area contributed by atoms with Gasteiger partial charge < -0.3 is 4.74 Å². The number of rotatable bonds is 4. The molecule has 138 valence electrons. The zero-order chi connectivity index (χ0) is 19.1. The van der Waals surface area contributed by atoms with Crippen LogP contribution in [0.15, 0.2) is 58.4 Å². The van der Waals surface area contributed by atoms with E-state index in [2.05, 4.69) is 15.0 Å². The summed E-state index contributed by atoms with van der Waals surface area (Å²) in [7, 11) is 0. The molecule has 5 rings (SSSR count). The first-order chi connectivity index (χ1) is 13.7. The summed E-state index contributed by atoms with van der Waals surface area (Å²) in [6.07, 6.45) is 3.13. The molecule has 0 bridgehead atoms. The Morgan fingerprint density at radius 3 is 2.86 bits per heavy atom. The first-order valence-electron chi connectivity index (χ1n) is 8.26. The van der Waals surface area contributed by atoms with Crippen LogP contribution < -0.4 is 10.3 Å². The van der Waals surface area contributed by atoms with E-state index in [0.717, 1.165) is 21.3 Å². The smallest absolute Gasteiger partial charge is 0.258 e. The van der Waals surface area contributed by atoms with Crippen molar-refractivity contribution in [3.05, 3.63) is 75.5 Å². The molecule has 4 heterocycles. The van der Waals surface area contributed by atoms with Crippen molar-refractivity contribution >= 4 is 37.9 Å². The highest BCUT2D eigenvalue weighted by Crippen LogP contribution is 2.37. The van der Waals surface area contributed by atoms with E-state index < -0.39 is 0 Å². The molecule has 9 heteroatoms. The van der Waals surface area contributed by atoms with E-state index in [4.69, 9.17) is 4.74 Å². The molecule has 0 unspecified atom stereocenters. The zero-order valence-electron chi connectivity index (χ0n) is 14.2. The third-order valence-corrected chi connectivity index (χ3v) is 5.85. The van der Waals surface area contributed by atoms with Crippen molar-refractivity contribution in [3.8, 4) is 17.0 Å². The van der Waals surface area contributed by atoms with Crippen molar-refractivity contribution < 1.29 is 9.13 Å². The van der Waals surface area contributed by atoms with Gasteiger partial charge in [0, 0.05) is 28.6 Å². The Bertz CT molecular complexity index is 1360. The highest BCUT2D eigenvalue weighted by Gasteiger charge is 2.15. The molecule has 6 nitrogen and oxygen atoms in total. The number of ether oxygens (including phenoxy) is 1. The van der Waals surface area contributed by atoms with Crippen molar-refractivity contribution in [2.24, 2.45) is 0 Å². The largest absolute Gasteiger partial charge is 0.471 e.